The molecule has 0 heterocycles. The first-order chi connectivity index (χ1) is 9.19. The van der Waals surface area contributed by atoms with Gasteiger partial charge in [0.25, 0.3) is 0 Å². The monoisotopic (exact) mass is 386 g/mol. The van der Waals surface area contributed by atoms with Gasteiger partial charge in [0.2, 0.25) is 0 Å². The van der Waals surface area contributed by atoms with Crippen molar-refractivity contribution in [3.8, 4) is 0 Å². The van der Waals surface area contributed by atoms with Crippen LogP contribution in [0.2, 0.25) is 0 Å². The molecule has 0 aliphatic rings. The predicted molar refractivity (Wildman–Crippen MR) is 82.2 cm³/mol. The molecule has 0 aliphatic carbocycles. The summed E-state index contributed by atoms with van der Waals surface area (Å²) < 4.78 is 0. The fourth-order valence-corrected chi connectivity index (χ4v) is 1.62. The molecule has 0 saturated heterocycles. The van der Waals surface area contributed by atoms with E-state index in [1.165, 1.54) is 0 Å². The van der Waals surface area contributed by atoms with Crippen molar-refractivity contribution in [1.82, 2.24) is 0 Å². The van der Waals surface area contributed by atoms with E-state index in [0.717, 1.165) is 21.7 Å². The maximum absolute atomic E-state index is 5.32. The minimum atomic E-state index is -0.826. The zero-order valence-electron chi connectivity index (χ0n) is 10.3. The van der Waals surface area contributed by atoms with Crippen molar-refractivity contribution < 1.29 is 20.8 Å². The Morgan fingerprint density at radius 2 is 1.68 bits per heavy atom. The van der Waals surface area contributed by atoms with Crippen LogP contribution in [0.1, 0.15) is 11.1 Å². The Morgan fingerprint density at radius 1 is 1.05 bits per heavy atom. The summed E-state index contributed by atoms with van der Waals surface area (Å²) in [6, 6.07) is 15.9. The summed E-state index contributed by atoms with van der Waals surface area (Å²) in [6.07, 6.45) is 1.82. The Kier molecular flexibility index (Phi) is 8.56. The first kappa shape index (κ1) is 16.8. The number of aryl methyl sites for hydroxylation is 1. The molecule has 0 N–H and O–H groups in total. The van der Waals surface area contributed by atoms with Crippen molar-refractivity contribution in [2.45, 2.75) is 11.8 Å². The van der Waals surface area contributed by atoms with Crippen molar-refractivity contribution in [3.05, 3.63) is 59.7 Å². The van der Waals surface area contributed by atoms with Crippen LogP contribution in [0.15, 0.2) is 58.4 Å². The number of nitrogens with zero attached hydrogens (tertiary/aromatic N) is 1. The second kappa shape index (κ2) is 9.66. The topological polar surface area (TPSA) is 12.4 Å². The van der Waals surface area contributed by atoms with E-state index in [-0.39, 0.29) is 0 Å². The Bertz CT molecular complexity index is 532. The van der Waals surface area contributed by atoms with Crippen LogP contribution >= 0.6 is 17.0 Å². The molecule has 0 aromatic heterocycles. The summed E-state index contributed by atoms with van der Waals surface area (Å²) in [5, 5.41) is 0. The number of para-hydroxylation sites is 1. The second-order valence-electron chi connectivity index (χ2n) is 3.66. The van der Waals surface area contributed by atoms with E-state index in [0.29, 0.717) is 0 Å². The number of aliphatic imine (C=N–C) groups is 1. The van der Waals surface area contributed by atoms with Crippen molar-refractivity contribution >= 4 is 41.6 Å². The van der Waals surface area contributed by atoms with Gasteiger partial charge in [-0.1, -0.05) is 42.0 Å². The number of halogens is 2. The van der Waals surface area contributed by atoms with Crippen LogP contribution in [0.4, 0.5) is 5.69 Å². The molecule has 0 radical (unpaired) electrons. The third-order valence-electron chi connectivity index (χ3n) is 2.35. The molecule has 2 rings (SSSR count). The van der Waals surface area contributed by atoms with Crippen molar-refractivity contribution in [2.75, 3.05) is 0 Å². The fourth-order valence-electron chi connectivity index (χ4n) is 1.43. The molecule has 0 aliphatic heterocycles. The molecule has 0 spiro atoms. The van der Waals surface area contributed by atoms with E-state index >= 15 is 0 Å². The third kappa shape index (κ3) is 6.18. The molecule has 19 heavy (non-hydrogen) atoms. The Balaban J connectivity index is 0.000000550. The molecule has 2 aromatic rings. The van der Waals surface area contributed by atoms with Gasteiger partial charge < -0.3 is 12.6 Å². The summed E-state index contributed by atoms with van der Waals surface area (Å²) in [5.74, 6) is 0. The van der Waals surface area contributed by atoms with E-state index in [4.69, 9.17) is 29.7 Å². The summed E-state index contributed by atoms with van der Waals surface area (Å²) in [5.41, 5.74) is 3.06. The summed E-state index contributed by atoms with van der Waals surface area (Å²) in [4.78, 5) is 5.26. The van der Waals surface area contributed by atoms with Crippen LogP contribution in [-0.2, 0) is 33.5 Å². The van der Waals surface area contributed by atoms with Gasteiger partial charge in [0.15, 0.2) is 0 Å². The summed E-state index contributed by atoms with van der Waals surface area (Å²) >= 11 is 4.49. The van der Waals surface area contributed by atoms with E-state index in [9.17, 15) is 0 Å². The van der Waals surface area contributed by atoms with Gasteiger partial charge in [-0.2, -0.15) is 4.90 Å². The van der Waals surface area contributed by atoms with Gasteiger partial charge in [-0.25, -0.2) is 0 Å². The molecule has 2 aromatic carbocycles. The average molecular weight is 388 g/mol. The van der Waals surface area contributed by atoms with Crippen LogP contribution in [0.5, 0.6) is 0 Å². The van der Waals surface area contributed by atoms with Crippen LogP contribution < -0.4 is 0 Å². The average Bonchev–Trinajstić information content (AvgIpc) is 2.43. The molecular formula is C14H12Cl2NSZr-. The Morgan fingerprint density at radius 3 is 2.32 bits per heavy atom. The first-order valence-electron chi connectivity index (χ1n) is 5.51. The van der Waals surface area contributed by atoms with Gasteiger partial charge in [-0.05, 0) is 24.6 Å². The zero-order chi connectivity index (χ0) is 14.1. The minimum absolute atomic E-state index is 0.826. The van der Waals surface area contributed by atoms with Crippen molar-refractivity contribution in [3.63, 3.8) is 0 Å². The summed E-state index contributed by atoms with van der Waals surface area (Å²) in [7, 11) is 9.87. The van der Waals surface area contributed by atoms with E-state index in [1.54, 1.807) is 0 Å². The molecule has 0 atom stereocenters. The van der Waals surface area contributed by atoms with Gasteiger partial charge in [-0.3, -0.25) is 4.99 Å². The number of hydrogen-bond donors (Lipinski definition) is 0. The molecule has 0 unspecified atom stereocenters. The summed E-state index contributed by atoms with van der Waals surface area (Å²) in [6.45, 7) is 2.02. The Labute approximate surface area is 138 Å². The fraction of sp³-hybridized carbons (Fsp3) is 0.0714. The number of benzene rings is 2. The number of rotatable bonds is 2. The molecule has 1 nitrogen and oxygen atoms in total. The SMILES string of the molecule is Cc1cccc(C=Nc2ccccc2)c1[S-].[Cl][Zr][Cl]. The molecule has 0 fully saturated rings. The van der Waals surface area contributed by atoms with Crippen molar-refractivity contribution in [1.29, 1.82) is 0 Å². The van der Waals surface area contributed by atoms with Gasteiger partial charge in [0.05, 0.1) is 5.69 Å². The standard InChI is InChI=1S/C14H13NS.2ClH.Zr/c1-11-6-5-7-12(14(11)16)10-15-13-8-3-2-4-9-13;;;/h2-10,16H,1H3;2*1H;/q;;;+2/p-3. The van der Waals surface area contributed by atoms with Crippen LogP contribution in [0.25, 0.3) is 0 Å². The van der Waals surface area contributed by atoms with Crippen molar-refractivity contribution in [2.24, 2.45) is 4.99 Å². The predicted octanol–water partition coefficient (Wildman–Crippen LogP) is 5.03. The van der Waals surface area contributed by atoms with Gasteiger partial charge >= 0.3 is 37.9 Å². The van der Waals surface area contributed by atoms with E-state index < -0.39 is 20.8 Å². The Hall–Kier alpha value is -0.207. The molecule has 98 valence electrons. The van der Waals surface area contributed by atoms with Crippen LogP contribution in [0, 0.1) is 6.92 Å². The quantitative estimate of drug-likeness (QED) is 0.519. The van der Waals surface area contributed by atoms with Crippen LogP contribution in [-0.4, -0.2) is 6.21 Å². The van der Waals surface area contributed by atoms with Crippen LogP contribution in [0.3, 0.4) is 0 Å². The van der Waals surface area contributed by atoms with E-state index in [1.807, 2.05) is 61.7 Å². The third-order valence-corrected chi connectivity index (χ3v) is 2.91. The molecule has 5 heteroatoms. The maximum atomic E-state index is 5.32. The van der Waals surface area contributed by atoms with Gasteiger partial charge in [0, 0.05) is 6.21 Å². The van der Waals surface area contributed by atoms with E-state index in [2.05, 4.69) is 4.99 Å². The number of hydrogen-bond acceptors (Lipinski definition) is 2. The molecule has 0 saturated carbocycles. The van der Waals surface area contributed by atoms with Gasteiger partial charge in [-0.15, -0.1) is 0 Å². The second-order valence-corrected chi connectivity index (χ2v) is 7.80. The first-order valence-corrected chi connectivity index (χ1v) is 12.2. The zero-order valence-corrected chi connectivity index (χ0v) is 15.1. The molecular weight excluding hydrogens is 376 g/mol. The normalized spacial score (nSPS) is 9.84. The molecule has 0 bridgehead atoms. The molecule has 0 amide bonds. The van der Waals surface area contributed by atoms with Gasteiger partial charge in [0.1, 0.15) is 0 Å².